The highest BCUT2D eigenvalue weighted by Crippen LogP contribution is 2.37. The van der Waals surface area contributed by atoms with E-state index in [0.717, 1.165) is 20.8 Å². The Labute approximate surface area is 117 Å². The molecule has 7 nitrogen and oxygen atoms in total. The molecule has 0 unspecified atom stereocenters. The van der Waals surface area contributed by atoms with Crippen LogP contribution in [-0.4, -0.2) is 70.3 Å². The predicted molar refractivity (Wildman–Crippen MR) is 70.0 cm³/mol. The van der Waals surface area contributed by atoms with E-state index in [1.54, 1.807) is 0 Å². The topological polar surface area (TPSA) is 109 Å². The first-order valence-corrected chi connectivity index (χ1v) is 6.04. The summed E-state index contributed by atoms with van der Waals surface area (Å²) >= 11 is 0. The molecule has 0 aliphatic rings. The van der Waals surface area contributed by atoms with Crippen molar-refractivity contribution in [2.75, 3.05) is 21.1 Å². The number of carboxylic acid groups (broad SMARTS) is 1. The predicted octanol–water partition coefficient (Wildman–Crippen LogP) is -0.596. The molecule has 0 heterocycles. The molecular weight excluding hydrogens is 266 g/mol. The minimum absolute atomic E-state index is 0.388. The summed E-state index contributed by atoms with van der Waals surface area (Å²) in [6.45, 7) is 3.11. The van der Waals surface area contributed by atoms with E-state index in [1.807, 2.05) is 0 Å². The van der Waals surface area contributed by atoms with Crippen LogP contribution in [0.25, 0.3) is 0 Å². The lowest BCUT2D eigenvalue weighted by Crippen LogP contribution is -2.79. The molecule has 0 spiro atoms. The Morgan fingerprint density at radius 2 is 1.25 bits per heavy atom. The number of aliphatic hydroxyl groups is 1. The lowest BCUT2D eigenvalue weighted by Gasteiger charge is -2.49. The number of ketones is 3. The van der Waals surface area contributed by atoms with Gasteiger partial charge < -0.3 is 14.7 Å². The lowest BCUT2D eigenvalue weighted by molar-refractivity contribution is -0.908. The van der Waals surface area contributed by atoms with Gasteiger partial charge in [0, 0.05) is 13.8 Å². The Bertz CT molecular complexity index is 448. The van der Waals surface area contributed by atoms with Crippen molar-refractivity contribution in [2.24, 2.45) is 0 Å². The minimum atomic E-state index is -2.60. The van der Waals surface area contributed by atoms with Crippen LogP contribution < -0.4 is 0 Å². The Balaban J connectivity index is 6.63. The van der Waals surface area contributed by atoms with E-state index in [2.05, 4.69) is 0 Å². The van der Waals surface area contributed by atoms with E-state index in [1.165, 1.54) is 21.1 Å². The fourth-order valence-electron chi connectivity index (χ4n) is 3.06. The first-order valence-electron chi connectivity index (χ1n) is 6.04. The van der Waals surface area contributed by atoms with Crippen molar-refractivity contribution in [1.29, 1.82) is 0 Å². The highest BCUT2D eigenvalue weighted by Gasteiger charge is 2.69. The van der Waals surface area contributed by atoms with E-state index >= 15 is 0 Å². The molecule has 0 bridgehead atoms. The number of rotatable bonds is 7. The summed E-state index contributed by atoms with van der Waals surface area (Å²) in [5, 5.41) is 19.6. The van der Waals surface area contributed by atoms with E-state index in [9.17, 15) is 24.3 Å². The molecule has 20 heavy (non-hydrogen) atoms. The third-order valence-electron chi connectivity index (χ3n) is 3.61. The molecule has 0 saturated carbocycles. The Morgan fingerprint density at radius 1 is 0.900 bits per heavy atom. The van der Waals surface area contributed by atoms with Crippen LogP contribution in [0.4, 0.5) is 0 Å². The minimum Gasteiger partial charge on any atom is -0.481 e. The summed E-state index contributed by atoms with van der Waals surface area (Å²) in [7, 11) is 4.37. The van der Waals surface area contributed by atoms with Gasteiger partial charge in [0.15, 0.2) is 5.78 Å². The monoisotopic (exact) mass is 288 g/mol. The molecule has 0 aliphatic carbocycles. The zero-order chi connectivity index (χ0) is 16.5. The van der Waals surface area contributed by atoms with Gasteiger partial charge in [-0.15, -0.1) is 0 Å². The Morgan fingerprint density at radius 3 is 1.40 bits per heavy atom. The number of carbonyl (C=O) groups is 4. The van der Waals surface area contributed by atoms with Gasteiger partial charge in [-0.2, -0.15) is 0 Å². The van der Waals surface area contributed by atoms with Gasteiger partial charge in [0.1, 0.15) is 0 Å². The summed E-state index contributed by atoms with van der Waals surface area (Å²) in [5.74, 6) is -3.91. The molecule has 0 radical (unpaired) electrons. The summed E-state index contributed by atoms with van der Waals surface area (Å²) in [5.41, 5.74) is -4.77. The average molecular weight is 288 g/mol. The van der Waals surface area contributed by atoms with Crippen LogP contribution in [0.15, 0.2) is 0 Å². The second-order valence-electron chi connectivity index (χ2n) is 5.82. The number of carbonyl (C=O) groups excluding carboxylic acids is 3. The van der Waals surface area contributed by atoms with Crippen LogP contribution in [0.2, 0.25) is 0 Å². The van der Waals surface area contributed by atoms with Crippen molar-refractivity contribution >= 4 is 23.3 Å². The Hall–Kier alpha value is -1.60. The van der Waals surface area contributed by atoms with Crippen molar-refractivity contribution in [3.8, 4) is 0 Å². The van der Waals surface area contributed by atoms with Crippen molar-refractivity contribution in [2.45, 2.75) is 38.3 Å². The van der Waals surface area contributed by atoms with E-state index in [0.29, 0.717) is 0 Å². The molecule has 0 aliphatic heterocycles. The zero-order valence-electron chi connectivity index (χ0n) is 12.7. The molecular formula is C13H22NO6+. The highest BCUT2D eigenvalue weighted by atomic mass is 16.4. The second kappa shape index (κ2) is 5.41. The van der Waals surface area contributed by atoms with Gasteiger partial charge in [-0.1, -0.05) is 0 Å². The second-order valence-corrected chi connectivity index (χ2v) is 5.82. The van der Waals surface area contributed by atoms with Gasteiger partial charge in [-0.05, 0) is 6.92 Å². The summed E-state index contributed by atoms with van der Waals surface area (Å²) < 4.78 is -0.388. The van der Waals surface area contributed by atoms with Crippen molar-refractivity contribution in [1.82, 2.24) is 0 Å². The molecule has 0 aromatic heterocycles. The van der Waals surface area contributed by atoms with Crippen LogP contribution in [-0.2, 0) is 19.2 Å². The maximum atomic E-state index is 12.1. The van der Waals surface area contributed by atoms with Crippen molar-refractivity contribution in [3.05, 3.63) is 0 Å². The molecule has 0 amide bonds. The average Bonchev–Trinajstić information content (AvgIpc) is 2.11. The SMILES string of the molecule is CC(=O)C(C(C)=O)([C@](O)(CC(=O)O)C(C)=O)[N+](C)(C)C. The summed E-state index contributed by atoms with van der Waals surface area (Å²) in [4.78, 5) is 47.2. The van der Waals surface area contributed by atoms with Crippen LogP contribution in [0.3, 0.4) is 0 Å². The molecule has 0 aromatic rings. The van der Waals surface area contributed by atoms with Crippen molar-refractivity contribution < 1.29 is 33.9 Å². The van der Waals surface area contributed by atoms with Crippen LogP contribution in [0, 0.1) is 0 Å². The number of likely N-dealkylation sites (N-methyl/N-ethyl adjacent to an activating group) is 1. The number of aliphatic carboxylic acids is 1. The van der Waals surface area contributed by atoms with Gasteiger partial charge in [-0.3, -0.25) is 19.2 Å². The fourth-order valence-corrected chi connectivity index (χ4v) is 3.06. The highest BCUT2D eigenvalue weighted by molar-refractivity contribution is 6.15. The molecule has 0 saturated heterocycles. The van der Waals surface area contributed by atoms with E-state index in [-0.39, 0.29) is 4.48 Å². The maximum absolute atomic E-state index is 12.1. The largest absolute Gasteiger partial charge is 0.481 e. The normalized spacial score (nSPS) is 15.3. The van der Waals surface area contributed by atoms with Gasteiger partial charge in [0.25, 0.3) is 5.54 Å². The number of hydrogen-bond acceptors (Lipinski definition) is 5. The van der Waals surface area contributed by atoms with E-state index in [4.69, 9.17) is 5.11 Å². The molecule has 0 aromatic carbocycles. The number of hydrogen-bond donors (Lipinski definition) is 2. The smallest absolute Gasteiger partial charge is 0.307 e. The number of carboxylic acids is 1. The molecule has 0 fully saturated rings. The summed E-state index contributed by atoms with van der Waals surface area (Å²) in [6.07, 6.45) is -1.02. The first kappa shape index (κ1) is 18.4. The lowest BCUT2D eigenvalue weighted by atomic mass is 9.68. The molecule has 114 valence electrons. The van der Waals surface area contributed by atoms with Gasteiger partial charge in [-0.25, -0.2) is 0 Å². The number of nitrogens with zero attached hydrogens (tertiary/aromatic N) is 1. The van der Waals surface area contributed by atoms with Gasteiger partial charge >= 0.3 is 5.97 Å². The molecule has 7 heteroatoms. The Kier molecular flexibility index (Phi) is 4.98. The standard InChI is InChI=1S/C13H21NO6/c1-8(15)12(20,7-11(18)19)13(9(2)16,10(3)17)14(4,5)6/h20H,7H2,1-6H3/p+1/t12-/m0/s1. The first-order chi connectivity index (χ1) is 8.75. The zero-order valence-corrected chi connectivity index (χ0v) is 12.7. The van der Waals surface area contributed by atoms with Crippen LogP contribution in [0.1, 0.15) is 27.2 Å². The van der Waals surface area contributed by atoms with Crippen molar-refractivity contribution in [3.63, 3.8) is 0 Å². The number of Topliss-reactive ketones (excluding diaryl/α,β-unsaturated/α-hetero) is 3. The summed E-state index contributed by atoms with van der Waals surface area (Å²) in [6, 6.07) is 0. The third-order valence-corrected chi connectivity index (χ3v) is 3.61. The molecule has 0 rings (SSSR count). The van der Waals surface area contributed by atoms with E-state index < -0.39 is 40.9 Å². The molecule has 1 atom stereocenters. The quantitative estimate of drug-likeness (QED) is 0.478. The van der Waals surface area contributed by atoms with Crippen LogP contribution in [0.5, 0.6) is 0 Å². The van der Waals surface area contributed by atoms with Gasteiger partial charge in [0.05, 0.1) is 27.6 Å². The maximum Gasteiger partial charge on any atom is 0.307 e. The third kappa shape index (κ3) is 2.51. The number of quaternary nitrogens is 1. The fraction of sp³-hybridized carbons (Fsp3) is 0.692. The van der Waals surface area contributed by atoms with Crippen LogP contribution >= 0.6 is 0 Å². The van der Waals surface area contributed by atoms with Gasteiger partial charge in [0.2, 0.25) is 17.2 Å². The molecule has 2 N–H and O–H groups in total.